The van der Waals surface area contributed by atoms with E-state index >= 15 is 0 Å². The summed E-state index contributed by atoms with van der Waals surface area (Å²) in [5, 5.41) is 19.8. The van der Waals surface area contributed by atoms with Crippen molar-refractivity contribution in [2.45, 2.75) is 139 Å². The molecule has 1 aromatic heterocycles. The summed E-state index contributed by atoms with van der Waals surface area (Å²) < 4.78 is 8.33. The van der Waals surface area contributed by atoms with Gasteiger partial charge in [0, 0.05) is 41.8 Å². The van der Waals surface area contributed by atoms with Crippen LogP contribution in [0.4, 0.5) is 0 Å². The largest absolute Gasteiger partial charge is 0.481 e. The Hall–Kier alpha value is -2.74. The van der Waals surface area contributed by atoms with Gasteiger partial charge in [-0.3, -0.25) is 14.4 Å². The summed E-state index contributed by atoms with van der Waals surface area (Å²) in [5.74, 6) is 2.89. The lowest BCUT2D eigenvalue weighted by Crippen LogP contribution is -2.67. The van der Waals surface area contributed by atoms with Gasteiger partial charge in [-0.15, -0.1) is 10.2 Å². The first-order chi connectivity index (χ1) is 25.1. The second-order valence-corrected chi connectivity index (χ2v) is 21.3. The number of carboxylic acids is 1. The number of carboxylic acid groups (broad SMARTS) is 1. The molecular weight excluding hydrogens is 698 g/mol. The van der Waals surface area contributed by atoms with Crippen molar-refractivity contribution in [3.63, 3.8) is 0 Å². The maximum Gasteiger partial charge on any atom is 0.309 e. The molecule has 296 valence electrons. The van der Waals surface area contributed by atoms with Crippen LogP contribution in [-0.4, -0.2) is 43.7 Å². The number of aliphatic carboxylic acids is 1. The SMILES string of the molecule is CC(C)C1C(=O)C[C@]2(Cc3nnc(-c4ccc(Cl)cc4)n3C)CC[C@]3(C)[C@H](CCC4C3(C)CC[C@H]3C(C)(C)[C@@H](OC(=O)CC(C)(C)C(=O)O)CC[C@]43C)C12. The van der Waals surface area contributed by atoms with Crippen molar-refractivity contribution in [3.8, 4) is 11.4 Å². The van der Waals surface area contributed by atoms with E-state index < -0.39 is 17.4 Å². The molecule has 2 aromatic rings. The number of aromatic nitrogens is 3. The molecule has 1 heterocycles. The predicted molar refractivity (Wildman–Crippen MR) is 210 cm³/mol. The fraction of sp³-hybridized carbons (Fsp3) is 0.756. The van der Waals surface area contributed by atoms with Crippen molar-refractivity contribution in [1.82, 2.24) is 14.8 Å². The van der Waals surface area contributed by atoms with E-state index in [2.05, 4.69) is 65.2 Å². The van der Waals surface area contributed by atoms with Crippen molar-refractivity contribution in [2.75, 3.05) is 0 Å². The number of carbonyl (C=O) groups excluding carboxylic acids is 2. The molecule has 10 atom stereocenters. The van der Waals surface area contributed by atoms with Crippen LogP contribution in [0.25, 0.3) is 11.4 Å². The average molecular weight is 762 g/mol. The summed E-state index contributed by atoms with van der Waals surface area (Å²) in [5.41, 5.74) is -0.201. The number of carbonyl (C=O) groups is 3. The highest BCUT2D eigenvalue weighted by Crippen LogP contribution is 2.77. The Bertz CT molecular complexity index is 1820. The quantitative estimate of drug-likeness (QED) is 0.267. The highest BCUT2D eigenvalue weighted by molar-refractivity contribution is 6.30. The van der Waals surface area contributed by atoms with Gasteiger partial charge in [0.2, 0.25) is 0 Å². The molecule has 0 saturated heterocycles. The minimum Gasteiger partial charge on any atom is -0.481 e. The van der Waals surface area contributed by atoms with Gasteiger partial charge in [0.1, 0.15) is 17.7 Å². The Labute approximate surface area is 327 Å². The van der Waals surface area contributed by atoms with Crippen LogP contribution in [0.15, 0.2) is 24.3 Å². The molecule has 8 nitrogen and oxygen atoms in total. The molecule has 4 unspecified atom stereocenters. The van der Waals surface area contributed by atoms with Crippen molar-refractivity contribution in [2.24, 2.45) is 75.0 Å². The van der Waals surface area contributed by atoms with E-state index in [1.54, 1.807) is 13.8 Å². The molecular formula is C45H64ClN3O5. The topological polar surface area (TPSA) is 111 Å². The van der Waals surface area contributed by atoms with Gasteiger partial charge in [-0.1, -0.05) is 60.1 Å². The lowest BCUT2D eigenvalue weighted by Gasteiger charge is -2.73. The Morgan fingerprint density at radius 1 is 0.944 bits per heavy atom. The number of nitrogens with zero attached hydrogens (tertiary/aromatic N) is 3. The first kappa shape index (κ1) is 39.5. The molecule has 5 aliphatic rings. The molecule has 0 spiro atoms. The van der Waals surface area contributed by atoms with Crippen LogP contribution in [0.1, 0.15) is 132 Å². The molecule has 0 bridgehead atoms. The second-order valence-electron chi connectivity index (χ2n) is 20.9. The molecule has 0 amide bonds. The number of hydrogen-bond acceptors (Lipinski definition) is 6. The molecule has 54 heavy (non-hydrogen) atoms. The number of fused-ring (bicyclic) bond motifs is 7. The maximum atomic E-state index is 14.3. The summed E-state index contributed by atoms with van der Waals surface area (Å²) in [4.78, 5) is 39.2. The van der Waals surface area contributed by atoms with Gasteiger partial charge in [-0.25, -0.2) is 0 Å². The molecule has 5 fully saturated rings. The van der Waals surface area contributed by atoms with Gasteiger partial charge in [0.05, 0.1) is 11.8 Å². The van der Waals surface area contributed by atoms with Crippen LogP contribution >= 0.6 is 11.6 Å². The van der Waals surface area contributed by atoms with Crippen molar-refractivity contribution >= 4 is 29.3 Å². The van der Waals surface area contributed by atoms with Gasteiger partial charge in [-0.2, -0.15) is 0 Å². The Morgan fingerprint density at radius 3 is 2.28 bits per heavy atom. The maximum absolute atomic E-state index is 14.3. The summed E-state index contributed by atoms with van der Waals surface area (Å²) in [7, 11) is 2.06. The predicted octanol–water partition coefficient (Wildman–Crippen LogP) is 10.0. The smallest absolute Gasteiger partial charge is 0.309 e. The molecule has 5 aliphatic carbocycles. The zero-order valence-electron chi connectivity index (χ0n) is 34.4. The minimum atomic E-state index is -1.16. The van der Waals surface area contributed by atoms with E-state index in [1.807, 2.05) is 24.3 Å². The zero-order chi connectivity index (χ0) is 39.4. The van der Waals surface area contributed by atoms with Crippen LogP contribution in [-0.2, 0) is 32.6 Å². The third kappa shape index (κ3) is 5.83. The molecule has 9 heteroatoms. The molecule has 0 radical (unpaired) electrons. The van der Waals surface area contributed by atoms with Crippen LogP contribution < -0.4 is 0 Å². The monoisotopic (exact) mass is 761 g/mol. The number of ketones is 1. The number of ether oxygens (including phenoxy) is 1. The van der Waals surface area contributed by atoms with Gasteiger partial charge in [0.25, 0.3) is 0 Å². The minimum absolute atomic E-state index is 0.0563. The normalized spacial score (nSPS) is 38.6. The Balaban J connectivity index is 1.17. The Morgan fingerprint density at radius 2 is 1.63 bits per heavy atom. The van der Waals surface area contributed by atoms with E-state index in [9.17, 15) is 19.5 Å². The van der Waals surface area contributed by atoms with Crippen LogP contribution in [0.3, 0.4) is 0 Å². The van der Waals surface area contributed by atoms with E-state index in [-0.39, 0.29) is 51.4 Å². The standard InChI is InChI=1S/C45H64ClN3O5/c1-26(2)36-30(50)23-45(24-34-47-48-38(49(34)10)27-11-13-28(46)14-12-27)22-21-43(8)29(37(36)45)15-16-32-42(7)19-18-33(54-35(51)25-40(3,4)39(52)53)41(5,6)31(42)17-20-44(32,43)9/h11-14,26,29,31-33,36-37H,15-25H2,1-10H3,(H,52,53)/t29-,31+,32?,33+,36?,37?,42+,43-,44?,45+/m1/s1. The second kappa shape index (κ2) is 13.2. The lowest BCUT2D eigenvalue weighted by atomic mass is 9.32. The van der Waals surface area contributed by atoms with E-state index in [4.69, 9.17) is 21.4 Å². The van der Waals surface area contributed by atoms with Gasteiger partial charge < -0.3 is 14.4 Å². The summed E-state index contributed by atoms with van der Waals surface area (Å²) in [6, 6.07) is 7.77. The summed E-state index contributed by atoms with van der Waals surface area (Å²) in [6.07, 6.45) is 9.53. The number of esters is 1. The first-order valence-corrected chi connectivity index (χ1v) is 21.1. The van der Waals surface area contributed by atoms with Gasteiger partial charge in [0.15, 0.2) is 5.82 Å². The zero-order valence-corrected chi connectivity index (χ0v) is 35.2. The average Bonchev–Trinajstić information content (AvgIpc) is 3.58. The van der Waals surface area contributed by atoms with Crippen LogP contribution in [0.2, 0.25) is 5.02 Å². The number of hydrogen-bond donors (Lipinski definition) is 1. The van der Waals surface area contributed by atoms with E-state index in [0.717, 1.165) is 75.0 Å². The van der Waals surface area contributed by atoms with Gasteiger partial charge in [-0.05, 0) is 141 Å². The molecule has 7 rings (SSSR count). The van der Waals surface area contributed by atoms with Gasteiger partial charge >= 0.3 is 11.9 Å². The summed E-state index contributed by atoms with van der Waals surface area (Å²) in [6.45, 7) is 20.1. The third-order valence-corrected chi connectivity index (χ3v) is 17.4. The van der Waals surface area contributed by atoms with Crippen molar-refractivity contribution in [3.05, 3.63) is 35.1 Å². The first-order valence-electron chi connectivity index (χ1n) is 20.7. The molecule has 1 aromatic carbocycles. The number of halogens is 1. The highest BCUT2D eigenvalue weighted by atomic mass is 35.5. The third-order valence-electron chi connectivity index (χ3n) is 17.2. The van der Waals surface area contributed by atoms with E-state index in [0.29, 0.717) is 40.9 Å². The summed E-state index contributed by atoms with van der Waals surface area (Å²) >= 11 is 6.20. The number of Topliss-reactive ketones (excluding diaryl/α,β-unsaturated/α-hetero) is 1. The van der Waals surface area contributed by atoms with Crippen LogP contribution in [0, 0.1) is 68.0 Å². The fourth-order valence-electron chi connectivity index (χ4n) is 14.2. The fourth-order valence-corrected chi connectivity index (χ4v) is 14.3. The number of rotatable bonds is 8. The lowest BCUT2D eigenvalue weighted by molar-refractivity contribution is -0.251. The van der Waals surface area contributed by atoms with Crippen molar-refractivity contribution in [1.29, 1.82) is 0 Å². The number of benzene rings is 1. The van der Waals surface area contributed by atoms with Crippen molar-refractivity contribution < 1.29 is 24.2 Å². The molecule has 1 N–H and O–H groups in total. The van der Waals surface area contributed by atoms with E-state index in [1.165, 1.54) is 0 Å². The van der Waals surface area contributed by atoms with Crippen LogP contribution in [0.5, 0.6) is 0 Å². The molecule has 5 saturated carbocycles. The Kier molecular flexibility index (Phi) is 9.63. The molecule has 0 aliphatic heterocycles. The highest BCUT2D eigenvalue weighted by Gasteiger charge is 2.72.